The minimum Gasteiger partial charge on any atom is -0.478 e. The molecule has 28 heavy (non-hydrogen) atoms. The molecule has 0 heterocycles. The summed E-state index contributed by atoms with van der Waals surface area (Å²) in [6.45, 7) is 0. The molecule has 0 aliphatic rings. The first-order valence-corrected chi connectivity index (χ1v) is 8.14. The van der Waals surface area contributed by atoms with Gasteiger partial charge in [0.15, 0.2) is 5.78 Å². The summed E-state index contributed by atoms with van der Waals surface area (Å²) in [5.74, 6) is -2.13. The molecule has 0 aliphatic carbocycles. The Morgan fingerprint density at radius 2 is 1.18 bits per heavy atom. The molecule has 7 heteroatoms. The van der Waals surface area contributed by atoms with Crippen LogP contribution in [0.2, 0.25) is 0 Å². The van der Waals surface area contributed by atoms with Crippen molar-refractivity contribution in [2.45, 2.75) is 0 Å². The predicted molar refractivity (Wildman–Crippen MR) is 101 cm³/mol. The molecule has 3 aromatic carbocycles. The lowest BCUT2D eigenvalue weighted by molar-refractivity contribution is 0.0651. The van der Waals surface area contributed by atoms with Gasteiger partial charge in [0.2, 0.25) is 0 Å². The van der Waals surface area contributed by atoms with E-state index in [4.69, 9.17) is 15.6 Å². The summed E-state index contributed by atoms with van der Waals surface area (Å²) in [6, 6.07) is 16.6. The Labute approximate surface area is 159 Å². The summed E-state index contributed by atoms with van der Waals surface area (Å²) in [5.41, 5.74) is 5.80. The molecule has 140 valence electrons. The summed E-state index contributed by atoms with van der Waals surface area (Å²) >= 11 is 0. The highest BCUT2D eigenvalue weighted by molar-refractivity contribution is 6.11. The maximum atomic E-state index is 12.6. The summed E-state index contributed by atoms with van der Waals surface area (Å²) < 4.78 is 5.66. The van der Waals surface area contributed by atoms with Crippen LogP contribution < -0.4 is 10.5 Å². The van der Waals surface area contributed by atoms with E-state index in [0.29, 0.717) is 22.7 Å². The first kappa shape index (κ1) is 18.7. The van der Waals surface area contributed by atoms with Crippen LogP contribution in [0.5, 0.6) is 11.5 Å². The van der Waals surface area contributed by atoms with Gasteiger partial charge in [-0.1, -0.05) is 6.07 Å². The quantitative estimate of drug-likeness (QED) is 0.441. The lowest BCUT2D eigenvalue weighted by Gasteiger charge is -2.08. The summed E-state index contributed by atoms with van der Waals surface area (Å²) in [5, 5.41) is 18.2. The van der Waals surface area contributed by atoms with Gasteiger partial charge in [-0.15, -0.1) is 0 Å². The molecule has 7 nitrogen and oxygen atoms in total. The molecule has 3 aromatic rings. The molecule has 0 aromatic heterocycles. The number of carbonyl (C=O) groups is 3. The number of nitrogens with two attached hydrogens (primary N) is 1. The van der Waals surface area contributed by atoms with E-state index in [9.17, 15) is 19.5 Å². The van der Waals surface area contributed by atoms with Gasteiger partial charge in [0.05, 0.1) is 11.1 Å². The number of benzene rings is 3. The van der Waals surface area contributed by atoms with Gasteiger partial charge in [-0.2, -0.15) is 0 Å². The minimum absolute atomic E-state index is 0.0783. The Balaban J connectivity index is 1.83. The average molecular weight is 377 g/mol. The maximum absolute atomic E-state index is 12.6. The Kier molecular flexibility index (Phi) is 5.08. The van der Waals surface area contributed by atoms with Crippen LogP contribution >= 0.6 is 0 Å². The number of ether oxygens (including phenoxy) is 1. The second-order valence-electron chi connectivity index (χ2n) is 5.90. The van der Waals surface area contributed by atoms with E-state index < -0.39 is 23.3 Å². The van der Waals surface area contributed by atoms with Crippen molar-refractivity contribution >= 4 is 23.4 Å². The van der Waals surface area contributed by atoms with Crippen molar-refractivity contribution in [3.8, 4) is 11.5 Å². The van der Waals surface area contributed by atoms with Crippen LogP contribution in [0, 0.1) is 0 Å². The molecule has 0 aliphatic heterocycles. The highest BCUT2D eigenvalue weighted by atomic mass is 16.5. The fourth-order valence-corrected chi connectivity index (χ4v) is 2.56. The van der Waals surface area contributed by atoms with Gasteiger partial charge in [-0.3, -0.25) is 4.79 Å². The maximum Gasteiger partial charge on any atom is 0.336 e. The Hall–Kier alpha value is -4.13. The molecular formula is C21H15NO6. The van der Waals surface area contributed by atoms with E-state index in [1.165, 1.54) is 6.07 Å². The van der Waals surface area contributed by atoms with E-state index in [1.807, 2.05) is 0 Å². The summed E-state index contributed by atoms with van der Waals surface area (Å²) in [7, 11) is 0. The number of nitrogen functional groups attached to an aromatic ring is 1. The number of hydrogen-bond donors (Lipinski definition) is 3. The highest BCUT2D eigenvalue weighted by Crippen LogP contribution is 2.24. The van der Waals surface area contributed by atoms with E-state index in [2.05, 4.69) is 0 Å². The smallest absolute Gasteiger partial charge is 0.336 e. The predicted octanol–water partition coefficient (Wildman–Crippen LogP) is 3.69. The van der Waals surface area contributed by atoms with Gasteiger partial charge >= 0.3 is 11.9 Å². The van der Waals surface area contributed by atoms with Crippen LogP contribution in [0.3, 0.4) is 0 Å². The highest BCUT2D eigenvalue weighted by Gasteiger charge is 2.19. The second-order valence-corrected chi connectivity index (χ2v) is 5.90. The molecule has 3 rings (SSSR count). The van der Waals surface area contributed by atoms with Crippen LogP contribution in [0.15, 0.2) is 66.7 Å². The third kappa shape index (κ3) is 3.99. The fourth-order valence-electron chi connectivity index (χ4n) is 2.56. The van der Waals surface area contributed by atoms with Gasteiger partial charge in [0.25, 0.3) is 0 Å². The average Bonchev–Trinajstić information content (AvgIpc) is 2.69. The Morgan fingerprint density at radius 1 is 0.679 bits per heavy atom. The number of carbonyl (C=O) groups excluding carboxylic acids is 1. The van der Waals surface area contributed by atoms with Gasteiger partial charge < -0.3 is 20.7 Å². The number of rotatable bonds is 6. The number of hydrogen-bond acceptors (Lipinski definition) is 5. The number of carboxylic acids is 2. The fraction of sp³-hybridized carbons (Fsp3) is 0. The SMILES string of the molecule is Nc1ccc(Oc2ccc(C(=O)c3ccc(C(=O)O)c(C(=O)O)c3)cc2)cc1. The van der Waals surface area contributed by atoms with E-state index in [1.54, 1.807) is 48.5 Å². The van der Waals surface area contributed by atoms with Crippen LogP contribution in [0.25, 0.3) is 0 Å². The zero-order chi connectivity index (χ0) is 20.3. The lowest BCUT2D eigenvalue weighted by atomic mass is 9.98. The van der Waals surface area contributed by atoms with Crippen molar-refractivity contribution in [1.29, 1.82) is 0 Å². The van der Waals surface area contributed by atoms with Gasteiger partial charge in [0.1, 0.15) is 11.5 Å². The van der Waals surface area contributed by atoms with Gasteiger partial charge in [-0.25, -0.2) is 9.59 Å². The summed E-state index contributed by atoms with van der Waals surface area (Å²) in [4.78, 5) is 35.0. The van der Waals surface area contributed by atoms with Crippen LogP contribution in [0.4, 0.5) is 5.69 Å². The van der Waals surface area contributed by atoms with Gasteiger partial charge in [-0.05, 0) is 60.7 Å². The third-order valence-corrected chi connectivity index (χ3v) is 3.97. The normalized spacial score (nSPS) is 10.3. The lowest BCUT2D eigenvalue weighted by Crippen LogP contribution is -2.11. The van der Waals surface area contributed by atoms with Crippen LogP contribution in [-0.2, 0) is 0 Å². The molecule has 0 fully saturated rings. The largest absolute Gasteiger partial charge is 0.478 e. The summed E-state index contributed by atoms with van der Waals surface area (Å²) in [6.07, 6.45) is 0. The first-order valence-electron chi connectivity index (χ1n) is 8.14. The van der Waals surface area contributed by atoms with Gasteiger partial charge in [0, 0.05) is 16.8 Å². The first-order chi connectivity index (χ1) is 13.3. The molecule has 0 radical (unpaired) electrons. The zero-order valence-electron chi connectivity index (χ0n) is 14.5. The molecule has 4 N–H and O–H groups in total. The van der Waals surface area contributed by atoms with Crippen molar-refractivity contribution in [3.63, 3.8) is 0 Å². The molecule has 0 saturated heterocycles. The van der Waals surface area contributed by atoms with Crippen molar-refractivity contribution in [2.75, 3.05) is 5.73 Å². The van der Waals surface area contributed by atoms with Crippen molar-refractivity contribution in [2.24, 2.45) is 0 Å². The zero-order valence-corrected chi connectivity index (χ0v) is 14.5. The van der Waals surface area contributed by atoms with E-state index in [0.717, 1.165) is 12.1 Å². The third-order valence-electron chi connectivity index (χ3n) is 3.97. The Bertz CT molecular complexity index is 1060. The molecule has 0 saturated carbocycles. The molecular weight excluding hydrogens is 362 g/mol. The minimum atomic E-state index is -1.42. The van der Waals surface area contributed by atoms with Crippen LogP contribution in [0.1, 0.15) is 36.6 Å². The number of aromatic carboxylic acids is 2. The molecule has 0 atom stereocenters. The second kappa shape index (κ2) is 7.63. The standard InChI is InChI=1S/C21H15NO6/c22-14-4-8-16(9-5-14)28-15-6-1-12(2-7-15)19(23)13-3-10-17(20(24)25)18(11-13)21(26)27/h1-11H,22H2,(H,24,25)(H,26,27). The van der Waals surface area contributed by atoms with Crippen molar-refractivity contribution in [3.05, 3.63) is 89.0 Å². The number of carboxylic acid groups (broad SMARTS) is 2. The van der Waals surface area contributed by atoms with Crippen LogP contribution in [-0.4, -0.2) is 27.9 Å². The number of anilines is 1. The number of ketones is 1. The van der Waals surface area contributed by atoms with E-state index in [-0.39, 0.29) is 11.1 Å². The molecule has 0 spiro atoms. The molecule has 0 unspecified atom stereocenters. The molecule has 0 amide bonds. The van der Waals surface area contributed by atoms with E-state index >= 15 is 0 Å². The van der Waals surface area contributed by atoms with Crippen molar-refractivity contribution < 1.29 is 29.3 Å². The monoisotopic (exact) mass is 377 g/mol. The van der Waals surface area contributed by atoms with Crippen molar-refractivity contribution in [1.82, 2.24) is 0 Å². The topological polar surface area (TPSA) is 127 Å². The molecule has 0 bridgehead atoms. The Morgan fingerprint density at radius 3 is 1.71 bits per heavy atom.